The van der Waals surface area contributed by atoms with Crippen molar-refractivity contribution in [2.75, 3.05) is 0 Å². The second kappa shape index (κ2) is 15.4. The molecular formula is C21H36. The van der Waals surface area contributed by atoms with Crippen LogP contribution in [-0.2, 0) is 0 Å². The first-order valence-electron chi connectivity index (χ1n) is 8.92. The van der Waals surface area contributed by atoms with Gasteiger partial charge in [-0.15, -0.1) is 5.73 Å². The molecule has 0 aromatic carbocycles. The topological polar surface area (TPSA) is 0 Å². The highest BCUT2D eigenvalue weighted by atomic mass is 14.0. The Hall–Kier alpha value is -1.00. The number of allylic oxidation sites excluding steroid dienone is 4. The molecule has 1 unspecified atom stereocenters. The van der Waals surface area contributed by atoms with Crippen molar-refractivity contribution in [3.05, 3.63) is 42.2 Å². The van der Waals surface area contributed by atoms with E-state index >= 15 is 0 Å². The first kappa shape index (κ1) is 20.0. The van der Waals surface area contributed by atoms with Crippen LogP contribution < -0.4 is 0 Å². The van der Waals surface area contributed by atoms with Crippen LogP contribution >= 0.6 is 0 Å². The average Bonchev–Trinajstić information content (AvgIpc) is 2.50. The first-order valence-corrected chi connectivity index (χ1v) is 8.92. The van der Waals surface area contributed by atoms with Gasteiger partial charge in [-0.2, -0.15) is 0 Å². The second-order valence-corrected chi connectivity index (χ2v) is 6.09. The SMILES string of the molecule is C=C(C=C=CC)CCCCCCCCCC=CC(C)CC. The van der Waals surface area contributed by atoms with Crippen molar-refractivity contribution in [3.63, 3.8) is 0 Å². The van der Waals surface area contributed by atoms with Crippen molar-refractivity contribution in [3.8, 4) is 0 Å². The third-order valence-corrected chi connectivity index (χ3v) is 3.93. The number of rotatable bonds is 13. The number of hydrogen-bond acceptors (Lipinski definition) is 0. The normalized spacial score (nSPS) is 12.1. The average molecular weight is 289 g/mol. The fourth-order valence-electron chi connectivity index (χ4n) is 2.24. The maximum absolute atomic E-state index is 4.04. The van der Waals surface area contributed by atoms with Crippen LogP contribution in [0.2, 0.25) is 0 Å². The number of hydrogen-bond donors (Lipinski definition) is 0. The summed E-state index contributed by atoms with van der Waals surface area (Å²) in [5.74, 6) is 0.752. The summed E-state index contributed by atoms with van der Waals surface area (Å²) in [5.41, 5.74) is 4.30. The molecule has 1 atom stereocenters. The van der Waals surface area contributed by atoms with Gasteiger partial charge in [0.2, 0.25) is 0 Å². The summed E-state index contributed by atoms with van der Waals surface area (Å²) in [5, 5.41) is 0. The van der Waals surface area contributed by atoms with Crippen LogP contribution in [-0.4, -0.2) is 0 Å². The van der Waals surface area contributed by atoms with Gasteiger partial charge in [-0.3, -0.25) is 0 Å². The lowest BCUT2D eigenvalue weighted by Crippen LogP contribution is -1.84. The molecular weight excluding hydrogens is 252 g/mol. The minimum absolute atomic E-state index is 0.752. The standard InChI is InChI=1S/C21H36/c1-5-7-17-21(4)19-16-14-12-10-8-9-11-13-15-18-20(3)6-2/h5,15,17-18,20H,4,6,8-14,16,19H2,1-3H3. The second-order valence-electron chi connectivity index (χ2n) is 6.09. The summed E-state index contributed by atoms with van der Waals surface area (Å²) in [7, 11) is 0. The molecule has 0 bridgehead atoms. The lowest BCUT2D eigenvalue weighted by atomic mass is 10.0. The zero-order valence-electron chi connectivity index (χ0n) is 14.7. The van der Waals surface area contributed by atoms with Gasteiger partial charge in [0.25, 0.3) is 0 Å². The third kappa shape index (κ3) is 15.2. The van der Waals surface area contributed by atoms with E-state index < -0.39 is 0 Å². The molecule has 21 heavy (non-hydrogen) atoms. The van der Waals surface area contributed by atoms with Crippen LogP contribution in [0.4, 0.5) is 0 Å². The Morgan fingerprint density at radius 2 is 1.67 bits per heavy atom. The molecule has 0 N–H and O–H groups in total. The Morgan fingerprint density at radius 1 is 1.05 bits per heavy atom. The molecule has 120 valence electrons. The van der Waals surface area contributed by atoms with E-state index in [4.69, 9.17) is 0 Å². The van der Waals surface area contributed by atoms with Crippen LogP contribution in [0.5, 0.6) is 0 Å². The highest BCUT2D eigenvalue weighted by Crippen LogP contribution is 2.13. The molecule has 0 amide bonds. The molecule has 0 aromatic rings. The summed E-state index contributed by atoms with van der Waals surface area (Å²) in [6.45, 7) is 10.6. The minimum atomic E-state index is 0.752. The van der Waals surface area contributed by atoms with Gasteiger partial charge in [0, 0.05) is 0 Å². The van der Waals surface area contributed by atoms with E-state index in [1.807, 2.05) is 19.1 Å². The molecule has 0 heteroatoms. The van der Waals surface area contributed by atoms with Gasteiger partial charge in [0.1, 0.15) is 0 Å². The Morgan fingerprint density at radius 3 is 2.29 bits per heavy atom. The van der Waals surface area contributed by atoms with E-state index in [9.17, 15) is 0 Å². The third-order valence-electron chi connectivity index (χ3n) is 3.93. The molecule has 0 aliphatic rings. The van der Waals surface area contributed by atoms with Gasteiger partial charge in [-0.05, 0) is 56.3 Å². The Labute approximate surface area is 133 Å². The highest BCUT2D eigenvalue weighted by molar-refractivity contribution is 5.13. The van der Waals surface area contributed by atoms with E-state index in [0.717, 1.165) is 12.3 Å². The van der Waals surface area contributed by atoms with Gasteiger partial charge < -0.3 is 0 Å². The quantitative estimate of drug-likeness (QED) is 0.143. The predicted molar refractivity (Wildman–Crippen MR) is 97.6 cm³/mol. The molecule has 0 aliphatic heterocycles. The molecule has 0 heterocycles. The summed E-state index contributed by atoms with van der Waals surface area (Å²) in [4.78, 5) is 0. The highest BCUT2D eigenvalue weighted by Gasteiger charge is 1.94. The van der Waals surface area contributed by atoms with Crippen LogP contribution in [0.3, 0.4) is 0 Å². The van der Waals surface area contributed by atoms with Crippen LogP contribution in [0.25, 0.3) is 0 Å². The van der Waals surface area contributed by atoms with Gasteiger partial charge >= 0.3 is 0 Å². The minimum Gasteiger partial charge on any atom is -0.125 e. The Bertz CT molecular complexity index is 326. The Balaban J connectivity index is 3.28. The predicted octanol–water partition coefficient (Wildman–Crippen LogP) is 7.39. The summed E-state index contributed by atoms with van der Waals surface area (Å²) < 4.78 is 0. The molecule has 0 nitrogen and oxygen atoms in total. The van der Waals surface area contributed by atoms with Crippen molar-refractivity contribution in [1.82, 2.24) is 0 Å². The fraction of sp³-hybridized carbons (Fsp3) is 0.667. The Kier molecular flexibility index (Phi) is 14.7. The lowest BCUT2D eigenvalue weighted by Gasteiger charge is -2.02. The lowest BCUT2D eigenvalue weighted by molar-refractivity contribution is 0.581. The monoisotopic (exact) mass is 288 g/mol. The molecule has 0 saturated heterocycles. The van der Waals surface area contributed by atoms with Crippen LogP contribution in [0.15, 0.2) is 42.2 Å². The zero-order chi connectivity index (χ0) is 15.8. The first-order chi connectivity index (χ1) is 10.2. The fourth-order valence-corrected chi connectivity index (χ4v) is 2.24. The molecule has 0 fully saturated rings. The van der Waals surface area contributed by atoms with Crippen molar-refractivity contribution < 1.29 is 0 Å². The summed E-state index contributed by atoms with van der Waals surface area (Å²) in [6, 6.07) is 0. The van der Waals surface area contributed by atoms with Crippen LogP contribution in [0, 0.1) is 5.92 Å². The van der Waals surface area contributed by atoms with E-state index in [-0.39, 0.29) is 0 Å². The molecule has 0 rings (SSSR count). The van der Waals surface area contributed by atoms with Crippen molar-refractivity contribution in [2.45, 2.75) is 85.0 Å². The van der Waals surface area contributed by atoms with Gasteiger partial charge in [0.05, 0.1) is 0 Å². The van der Waals surface area contributed by atoms with Crippen molar-refractivity contribution >= 4 is 0 Å². The maximum atomic E-state index is 4.04. The molecule has 0 radical (unpaired) electrons. The number of unbranched alkanes of at least 4 members (excludes halogenated alkanes) is 7. The van der Waals surface area contributed by atoms with E-state index in [1.165, 1.54) is 63.4 Å². The summed E-state index contributed by atoms with van der Waals surface area (Å²) in [6.07, 6.45) is 21.9. The van der Waals surface area contributed by atoms with Gasteiger partial charge in [0.15, 0.2) is 0 Å². The van der Waals surface area contributed by atoms with Gasteiger partial charge in [-0.25, -0.2) is 0 Å². The smallest absolute Gasteiger partial charge is 0.0177 e. The van der Waals surface area contributed by atoms with Crippen molar-refractivity contribution in [1.29, 1.82) is 0 Å². The molecule has 0 spiro atoms. The molecule has 0 aliphatic carbocycles. The molecule has 0 aromatic heterocycles. The van der Waals surface area contributed by atoms with E-state index in [1.54, 1.807) is 0 Å². The van der Waals surface area contributed by atoms with E-state index in [0.29, 0.717) is 0 Å². The van der Waals surface area contributed by atoms with Gasteiger partial charge in [-0.1, -0.05) is 71.1 Å². The van der Waals surface area contributed by atoms with E-state index in [2.05, 4.69) is 38.3 Å². The van der Waals surface area contributed by atoms with Crippen molar-refractivity contribution in [2.24, 2.45) is 5.92 Å². The maximum Gasteiger partial charge on any atom is -0.0177 e. The molecule has 0 saturated carbocycles. The summed E-state index contributed by atoms with van der Waals surface area (Å²) >= 11 is 0. The largest absolute Gasteiger partial charge is 0.125 e. The van der Waals surface area contributed by atoms with Crippen LogP contribution in [0.1, 0.15) is 85.0 Å². The zero-order valence-corrected chi connectivity index (χ0v) is 14.7.